The van der Waals surface area contributed by atoms with E-state index in [1.165, 1.54) is 30.8 Å². The van der Waals surface area contributed by atoms with Crippen LogP contribution >= 0.6 is 11.5 Å². The maximum absolute atomic E-state index is 5.76. The minimum absolute atomic E-state index is 0.563. The van der Waals surface area contributed by atoms with Crippen LogP contribution in [-0.4, -0.2) is 29.0 Å². The second-order valence-corrected chi connectivity index (χ2v) is 4.59. The SMILES string of the molecule is CN(c1ncns1)C1CCCC1CN. The normalized spacial score (nSPS) is 26.7. The molecule has 0 amide bonds. The molecule has 0 spiro atoms. The lowest BCUT2D eigenvalue weighted by atomic mass is 10.0. The molecule has 1 saturated carbocycles. The predicted molar refractivity (Wildman–Crippen MR) is 58.5 cm³/mol. The smallest absolute Gasteiger partial charge is 0.204 e. The first kappa shape index (κ1) is 9.86. The molecule has 5 heteroatoms. The minimum Gasteiger partial charge on any atom is -0.347 e. The highest BCUT2D eigenvalue weighted by Gasteiger charge is 2.30. The van der Waals surface area contributed by atoms with Crippen LogP contribution in [0.4, 0.5) is 5.13 Å². The summed E-state index contributed by atoms with van der Waals surface area (Å²) < 4.78 is 4.02. The van der Waals surface area contributed by atoms with Gasteiger partial charge in [0.1, 0.15) is 6.33 Å². The van der Waals surface area contributed by atoms with Crippen LogP contribution in [0.3, 0.4) is 0 Å². The molecule has 1 aromatic rings. The molecular formula is C9H16N4S. The molecule has 0 saturated heterocycles. The summed E-state index contributed by atoms with van der Waals surface area (Å²) in [6.07, 6.45) is 5.39. The molecule has 0 bridgehead atoms. The highest BCUT2D eigenvalue weighted by molar-refractivity contribution is 7.09. The van der Waals surface area contributed by atoms with Gasteiger partial charge in [-0.3, -0.25) is 0 Å². The summed E-state index contributed by atoms with van der Waals surface area (Å²) in [6, 6.07) is 0.563. The van der Waals surface area contributed by atoms with E-state index in [9.17, 15) is 0 Å². The molecule has 0 aliphatic heterocycles. The van der Waals surface area contributed by atoms with E-state index >= 15 is 0 Å². The number of rotatable bonds is 3. The molecular weight excluding hydrogens is 196 g/mol. The fourth-order valence-corrected chi connectivity index (χ4v) is 2.81. The first-order chi connectivity index (χ1) is 6.83. The van der Waals surface area contributed by atoms with Crippen LogP contribution in [0.25, 0.3) is 0 Å². The summed E-state index contributed by atoms with van der Waals surface area (Å²) >= 11 is 1.45. The van der Waals surface area contributed by atoms with Gasteiger partial charge in [0.05, 0.1) is 0 Å². The van der Waals surface area contributed by atoms with E-state index in [1.807, 2.05) is 0 Å². The molecule has 1 fully saturated rings. The number of nitrogens with two attached hydrogens (primary N) is 1. The van der Waals surface area contributed by atoms with E-state index < -0.39 is 0 Å². The zero-order valence-electron chi connectivity index (χ0n) is 8.39. The Bertz CT molecular complexity index is 274. The molecule has 78 valence electrons. The lowest BCUT2D eigenvalue weighted by Crippen LogP contribution is -2.37. The third-order valence-electron chi connectivity index (χ3n) is 3.07. The van der Waals surface area contributed by atoms with Gasteiger partial charge in [0, 0.05) is 24.6 Å². The molecule has 0 radical (unpaired) electrons. The van der Waals surface area contributed by atoms with Gasteiger partial charge in [0.25, 0.3) is 0 Å². The molecule has 1 heterocycles. The van der Waals surface area contributed by atoms with Gasteiger partial charge in [-0.1, -0.05) is 6.42 Å². The molecule has 0 aromatic carbocycles. The van der Waals surface area contributed by atoms with Crippen molar-refractivity contribution < 1.29 is 0 Å². The Kier molecular flexibility index (Phi) is 2.98. The number of aromatic nitrogens is 2. The van der Waals surface area contributed by atoms with Crippen molar-refractivity contribution in [2.75, 3.05) is 18.5 Å². The van der Waals surface area contributed by atoms with Crippen molar-refractivity contribution in [3.05, 3.63) is 6.33 Å². The minimum atomic E-state index is 0.563. The van der Waals surface area contributed by atoms with Gasteiger partial charge in [0.15, 0.2) is 0 Å². The largest absolute Gasteiger partial charge is 0.347 e. The quantitative estimate of drug-likeness (QED) is 0.815. The number of hydrogen-bond donors (Lipinski definition) is 1. The van der Waals surface area contributed by atoms with Crippen molar-refractivity contribution in [2.45, 2.75) is 25.3 Å². The van der Waals surface area contributed by atoms with Gasteiger partial charge < -0.3 is 10.6 Å². The second kappa shape index (κ2) is 4.23. The van der Waals surface area contributed by atoms with Crippen molar-refractivity contribution in [3.63, 3.8) is 0 Å². The third-order valence-corrected chi connectivity index (χ3v) is 3.83. The average Bonchev–Trinajstić information content (AvgIpc) is 2.87. The van der Waals surface area contributed by atoms with Crippen molar-refractivity contribution in [1.29, 1.82) is 0 Å². The Morgan fingerprint density at radius 1 is 1.64 bits per heavy atom. The number of hydrogen-bond acceptors (Lipinski definition) is 5. The van der Waals surface area contributed by atoms with E-state index in [2.05, 4.69) is 21.3 Å². The summed E-state index contributed by atoms with van der Waals surface area (Å²) in [6.45, 7) is 0.786. The first-order valence-corrected chi connectivity index (χ1v) is 5.80. The van der Waals surface area contributed by atoms with Crippen molar-refractivity contribution >= 4 is 16.7 Å². The Balaban J connectivity index is 2.07. The summed E-state index contributed by atoms with van der Waals surface area (Å²) in [7, 11) is 2.10. The summed E-state index contributed by atoms with van der Waals surface area (Å²) in [5, 5.41) is 1.01. The fourth-order valence-electron chi connectivity index (χ4n) is 2.27. The van der Waals surface area contributed by atoms with Crippen LogP contribution in [-0.2, 0) is 0 Å². The Labute approximate surface area is 88.3 Å². The van der Waals surface area contributed by atoms with Crippen molar-refractivity contribution in [3.8, 4) is 0 Å². The highest BCUT2D eigenvalue weighted by atomic mass is 32.1. The van der Waals surface area contributed by atoms with Crippen LogP contribution < -0.4 is 10.6 Å². The predicted octanol–water partition coefficient (Wildman–Crippen LogP) is 1.10. The summed E-state index contributed by atoms with van der Waals surface area (Å²) in [4.78, 5) is 6.46. The molecule has 2 N–H and O–H groups in total. The summed E-state index contributed by atoms with van der Waals surface area (Å²) in [5.74, 6) is 0.629. The van der Waals surface area contributed by atoms with Crippen LogP contribution in [0.15, 0.2) is 6.33 Å². The van der Waals surface area contributed by atoms with E-state index in [1.54, 1.807) is 6.33 Å². The van der Waals surface area contributed by atoms with Gasteiger partial charge >= 0.3 is 0 Å². The van der Waals surface area contributed by atoms with Crippen LogP contribution in [0.5, 0.6) is 0 Å². The third kappa shape index (κ3) is 1.74. The number of anilines is 1. The standard InChI is InChI=1S/C9H16N4S/c1-13(9-11-6-12-14-9)8-4-2-3-7(8)5-10/h6-8H,2-5,10H2,1H3. The molecule has 1 aromatic heterocycles. The molecule has 14 heavy (non-hydrogen) atoms. The Hall–Kier alpha value is -0.680. The molecule has 1 aliphatic carbocycles. The van der Waals surface area contributed by atoms with Gasteiger partial charge in [-0.2, -0.15) is 4.37 Å². The molecule has 1 aliphatic rings. The lowest BCUT2D eigenvalue weighted by molar-refractivity contribution is 0.474. The van der Waals surface area contributed by atoms with E-state index in [4.69, 9.17) is 5.73 Å². The van der Waals surface area contributed by atoms with Gasteiger partial charge in [-0.25, -0.2) is 4.98 Å². The van der Waals surface area contributed by atoms with Crippen LogP contribution in [0.1, 0.15) is 19.3 Å². The van der Waals surface area contributed by atoms with Crippen molar-refractivity contribution in [1.82, 2.24) is 9.36 Å². The maximum atomic E-state index is 5.76. The van der Waals surface area contributed by atoms with Gasteiger partial charge in [0.2, 0.25) is 5.13 Å². The van der Waals surface area contributed by atoms with E-state index in [-0.39, 0.29) is 0 Å². The molecule has 2 atom stereocenters. The number of nitrogens with zero attached hydrogens (tertiary/aromatic N) is 3. The maximum Gasteiger partial charge on any atom is 0.204 e. The topological polar surface area (TPSA) is 55.0 Å². The van der Waals surface area contributed by atoms with Gasteiger partial charge in [-0.15, -0.1) is 0 Å². The van der Waals surface area contributed by atoms with Gasteiger partial charge in [-0.05, 0) is 25.3 Å². The van der Waals surface area contributed by atoms with E-state index in [0.29, 0.717) is 12.0 Å². The molecule has 2 rings (SSSR count). The van der Waals surface area contributed by atoms with Crippen molar-refractivity contribution in [2.24, 2.45) is 11.7 Å². The first-order valence-electron chi connectivity index (χ1n) is 5.02. The highest BCUT2D eigenvalue weighted by Crippen LogP contribution is 2.31. The monoisotopic (exact) mass is 212 g/mol. The van der Waals surface area contributed by atoms with E-state index in [0.717, 1.165) is 11.7 Å². The van der Waals surface area contributed by atoms with Crippen LogP contribution in [0.2, 0.25) is 0 Å². The lowest BCUT2D eigenvalue weighted by Gasteiger charge is -2.28. The Morgan fingerprint density at radius 2 is 2.50 bits per heavy atom. The molecule has 4 nitrogen and oxygen atoms in total. The Morgan fingerprint density at radius 3 is 3.14 bits per heavy atom. The zero-order valence-corrected chi connectivity index (χ0v) is 9.20. The fraction of sp³-hybridized carbons (Fsp3) is 0.778. The average molecular weight is 212 g/mol. The molecule has 2 unspecified atom stereocenters. The summed E-state index contributed by atoms with van der Waals surface area (Å²) in [5.41, 5.74) is 5.76. The van der Waals surface area contributed by atoms with Crippen LogP contribution in [0, 0.1) is 5.92 Å². The second-order valence-electron chi connectivity index (χ2n) is 3.83. The zero-order chi connectivity index (χ0) is 9.97.